The zero-order chi connectivity index (χ0) is 14.2. The fraction of sp³-hybridized carbons (Fsp3) is 0.333. The minimum absolute atomic E-state index is 0.0786. The second-order valence-corrected chi connectivity index (χ2v) is 5.74. The Hall–Kier alpha value is -1.68. The molecule has 3 heteroatoms. The largest absolute Gasteiger partial charge is 0.388 e. The molecule has 1 N–H and O–H groups in total. The monoisotopic (exact) mass is 282 g/mol. The van der Waals surface area contributed by atoms with Gasteiger partial charge in [-0.2, -0.15) is 0 Å². The van der Waals surface area contributed by atoms with E-state index in [-0.39, 0.29) is 18.3 Å². The zero-order valence-electron chi connectivity index (χ0n) is 11.7. The predicted octanol–water partition coefficient (Wildman–Crippen LogP) is 3.01. The van der Waals surface area contributed by atoms with Gasteiger partial charge in [-0.25, -0.2) is 0 Å². The summed E-state index contributed by atoms with van der Waals surface area (Å²) in [6.45, 7) is 0.528. The quantitative estimate of drug-likeness (QED) is 0.920. The van der Waals surface area contributed by atoms with Crippen molar-refractivity contribution in [3.63, 3.8) is 0 Å². The second kappa shape index (κ2) is 5.26. The number of ether oxygens (including phenoxy) is 2. The molecular formula is C18H18O3. The van der Waals surface area contributed by atoms with Crippen molar-refractivity contribution < 1.29 is 14.6 Å². The van der Waals surface area contributed by atoms with Crippen LogP contribution < -0.4 is 0 Å². The number of benzene rings is 2. The van der Waals surface area contributed by atoms with Crippen LogP contribution in [-0.2, 0) is 15.9 Å². The van der Waals surface area contributed by atoms with Gasteiger partial charge < -0.3 is 14.6 Å². The molecule has 1 saturated heterocycles. The summed E-state index contributed by atoms with van der Waals surface area (Å²) in [5.74, 6) is -0.0786. The Bertz CT molecular complexity index is 625. The number of fused-ring (bicyclic) bond motifs is 4. The third-order valence-electron chi connectivity index (χ3n) is 4.46. The topological polar surface area (TPSA) is 38.7 Å². The van der Waals surface area contributed by atoms with E-state index in [1.54, 1.807) is 0 Å². The highest BCUT2D eigenvalue weighted by molar-refractivity contribution is 5.33. The molecule has 2 aliphatic rings. The molecule has 108 valence electrons. The number of rotatable bonds is 2. The Morgan fingerprint density at radius 1 is 1.00 bits per heavy atom. The highest BCUT2D eigenvalue weighted by Crippen LogP contribution is 2.44. The molecule has 0 spiro atoms. The van der Waals surface area contributed by atoms with Gasteiger partial charge in [-0.3, -0.25) is 0 Å². The zero-order valence-corrected chi connectivity index (χ0v) is 11.7. The minimum Gasteiger partial charge on any atom is -0.388 e. The first-order valence-corrected chi connectivity index (χ1v) is 7.41. The average molecular weight is 282 g/mol. The first-order valence-electron chi connectivity index (χ1n) is 7.41. The first-order chi connectivity index (χ1) is 10.3. The summed E-state index contributed by atoms with van der Waals surface area (Å²) < 4.78 is 11.8. The van der Waals surface area contributed by atoms with Gasteiger partial charge in [0, 0.05) is 12.3 Å². The molecule has 2 aliphatic heterocycles. The van der Waals surface area contributed by atoms with Gasteiger partial charge in [0.05, 0.1) is 18.8 Å². The maximum Gasteiger partial charge on any atom is 0.162 e. The van der Waals surface area contributed by atoms with Crippen LogP contribution in [0.15, 0.2) is 54.6 Å². The smallest absolute Gasteiger partial charge is 0.162 e. The molecule has 0 aromatic heterocycles. The average Bonchev–Trinajstić information content (AvgIpc) is 2.55. The molecule has 1 fully saturated rings. The van der Waals surface area contributed by atoms with E-state index in [2.05, 4.69) is 12.1 Å². The highest BCUT2D eigenvalue weighted by Gasteiger charge is 2.41. The van der Waals surface area contributed by atoms with Gasteiger partial charge in [0.2, 0.25) is 0 Å². The second-order valence-electron chi connectivity index (χ2n) is 5.74. The Balaban J connectivity index is 1.69. The van der Waals surface area contributed by atoms with Crippen LogP contribution in [-0.4, -0.2) is 18.0 Å². The molecule has 0 aliphatic carbocycles. The van der Waals surface area contributed by atoms with Crippen LogP contribution in [0.1, 0.15) is 28.9 Å². The van der Waals surface area contributed by atoms with Crippen LogP contribution in [0.5, 0.6) is 0 Å². The van der Waals surface area contributed by atoms with Crippen molar-refractivity contribution in [1.29, 1.82) is 0 Å². The van der Waals surface area contributed by atoms with Crippen molar-refractivity contribution in [2.24, 2.45) is 5.92 Å². The van der Waals surface area contributed by atoms with E-state index in [0.717, 1.165) is 12.0 Å². The summed E-state index contributed by atoms with van der Waals surface area (Å²) >= 11 is 0. The Morgan fingerprint density at radius 2 is 1.76 bits per heavy atom. The van der Waals surface area contributed by atoms with Gasteiger partial charge in [0.25, 0.3) is 0 Å². The van der Waals surface area contributed by atoms with E-state index in [4.69, 9.17) is 9.47 Å². The molecular weight excluding hydrogens is 264 g/mol. The van der Waals surface area contributed by atoms with Crippen molar-refractivity contribution >= 4 is 0 Å². The highest BCUT2D eigenvalue weighted by atomic mass is 16.7. The summed E-state index contributed by atoms with van der Waals surface area (Å²) in [7, 11) is 0. The Labute approximate surface area is 124 Å². The maximum atomic E-state index is 10.7. The van der Waals surface area contributed by atoms with Crippen molar-refractivity contribution in [3.8, 4) is 0 Å². The van der Waals surface area contributed by atoms with Crippen LogP contribution >= 0.6 is 0 Å². The maximum absolute atomic E-state index is 10.7. The van der Waals surface area contributed by atoms with Crippen molar-refractivity contribution in [2.75, 3.05) is 6.61 Å². The van der Waals surface area contributed by atoms with Gasteiger partial charge in [0.1, 0.15) is 0 Å². The van der Waals surface area contributed by atoms with Gasteiger partial charge in [-0.1, -0.05) is 54.6 Å². The standard InChI is InChI=1S/C18H18O3/c19-17(12-6-2-1-3-7-12)15-11-20-16-10-13-8-4-5-9-14(13)18(15)21-16/h1-9,15-19H,10-11H2/t15-,16+,17-,18-/m1/s1. The molecule has 0 radical (unpaired) electrons. The van der Waals surface area contributed by atoms with E-state index in [1.807, 2.05) is 42.5 Å². The summed E-state index contributed by atoms with van der Waals surface area (Å²) in [5, 5.41) is 10.7. The lowest BCUT2D eigenvalue weighted by Gasteiger charge is -2.43. The number of hydrogen-bond donors (Lipinski definition) is 1. The third-order valence-corrected chi connectivity index (χ3v) is 4.46. The molecule has 0 amide bonds. The van der Waals surface area contributed by atoms with E-state index < -0.39 is 6.10 Å². The normalized spacial score (nSPS) is 28.7. The lowest BCUT2D eigenvalue weighted by molar-refractivity contribution is -0.259. The summed E-state index contributed by atoms with van der Waals surface area (Å²) in [5.41, 5.74) is 3.37. The molecule has 2 aromatic carbocycles. The summed E-state index contributed by atoms with van der Waals surface area (Å²) in [6.07, 6.45) is -0.0581. The van der Waals surface area contributed by atoms with Crippen LogP contribution in [0.25, 0.3) is 0 Å². The lowest BCUT2D eigenvalue weighted by Crippen LogP contribution is -2.42. The molecule has 4 atom stereocenters. The molecule has 2 bridgehead atoms. The van der Waals surface area contributed by atoms with Crippen molar-refractivity contribution in [1.82, 2.24) is 0 Å². The molecule has 0 unspecified atom stereocenters. The summed E-state index contributed by atoms with van der Waals surface area (Å²) in [4.78, 5) is 0. The molecule has 0 saturated carbocycles. The van der Waals surface area contributed by atoms with E-state index >= 15 is 0 Å². The Morgan fingerprint density at radius 3 is 2.62 bits per heavy atom. The predicted molar refractivity (Wildman–Crippen MR) is 78.6 cm³/mol. The molecule has 2 heterocycles. The van der Waals surface area contributed by atoms with Crippen LogP contribution in [0.3, 0.4) is 0 Å². The number of aliphatic hydroxyl groups excluding tert-OH is 1. The van der Waals surface area contributed by atoms with Gasteiger partial charge in [-0.15, -0.1) is 0 Å². The molecule has 21 heavy (non-hydrogen) atoms. The SMILES string of the molecule is O[C@H](c1ccccc1)[C@H]1CO[C@@H]2Cc3ccccc3[C@H]1O2. The van der Waals surface area contributed by atoms with E-state index in [1.165, 1.54) is 11.1 Å². The van der Waals surface area contributed by atoms with E-state index in [9.17, 15) is 5.11 Å². The van der Waals surface area contributed by atoms with E-state index in [0.29, 0.717) is 6.61 Å². The fourth-order valence-electron chi connectivity index (χ4n) is 3.35. The molecule has 4 rings (SSSR count). The lowest BCUT2D eigenvalue weighted by atomic mass is 9.83. The Kier molecular flexibility index (Phi) is 3.26. The van der Waals surface area contributed by atoms with Crippen LogP contribution in [0, 0.1) is 5.92 Å². The molecule has 2 aromatic rings. The van der Waals surface area contributed by atoms with Crippen molar-refractivity contribution in [3.05, 3.63) is 71.3 Å². The fourth-order valence-corrected chi connectivity index (χ4v) is 3.35. The summed E-state index contributed by atoms with van der Waals surface area (Å²) in [6, 6.07) is 18.0. The number of aliphatic hydroxyl groups is 1. The first kappa shape index (κ1) is 13.0. The minimum atomic E-state index is -0.580. The van der Waals surface area contributed by atoms with Crippen molar-refractivity contribution in [2.45, 2.75) is 24.9 Å². The van der Waals surface area contributed by atoms with Gasteiger partial charge >= 0.3 is 0 Å². The van der Waals surface area contributed by atoms with Gasteiger partial charge in [-0.05, 0) is 16.7 Å². The van der Waals surface area contributed by atoms with Crippen LogP contribution in [0.2, 0.25) is 0 Å². The third kappa shape index (κ3) is 2.27. The van der Waals surface area contributed by atoms with Crippen LogP contribution in [0.4, 0.5) is 0 Å². The molecule has 3 nitrogen and oxygen atoms in total. The number of hydrogen-bond acceptors (Lipinski definition) is 3. The van der Waals surface area contributed by atoms with Gasteiger partial charge in [0.15, 0.2) is 6.29 Å².